The molecule has 23 heavy (non-hydrogen) atoms. The average Bonchev–Trinajstić information content (AvgIpc) is 3.01. The Labute approximate surface area is 136 Å². The molecule has 2 aromatic heterocycles. The van der Waals surface area contributed by atoms with Gasteiger partial charge in [0.25, 0.3) is 0 Å². The molecular weight excluding hydrogens is 340 g/mol. The van der Waals surface area contributed by atoms with E-state index in [0.29, 0.717) is 17.0 Å². The quantitative estimate of drug-likeness (QED) is 0.530. The van der Waals surface area contributed by atoms with Gasteiger partial charge in [-0.2, -0.15) is 0 Å². The molecule has 8 nitrogen and oxygen atoms in total. The first-order valence-corrected chi connectivity index (χ1v) is 9.00. The summed E-state index contributed by atoms with van der Waals surface area (Å²) in [5.74, 6) is -0.949. The van der Waals surface area contributed by atoms with Crippen LogP contribution in [0, 0.1) is 0 Å². The van der Waals surface area contributed by atoms with E-state index in [9.17, 15) is 13.2 Å². The Bertz CT molecular complexity index is 885. The predicted octanol–water partition coefficient (Wildman–Crippen LogP) is 1.96. The van der Waals surface area contributed by atoms with Crippen LogP contribution in [0.2, 0.25) is 0 Å². The molecule has 5 N–H and O–H groups in total. The second kappa shape index (κ2) is 6.67. The summed E-state index contributed by atoms with van der Waals surface area (Å²) in [6, 6.07) is 8.06. The van der Waals surface area contributed by atoms with Crippen LogP contribution in [0.15, 0.2) is 35.8 Å². The third kappa shape index (κ3) is 4.97. The molecule has 0 saturated carbocycles. The molecule has 0 aliphatic heterocycles. The number of aromatic carboxylic acids is 1. The van der Waals surface area contributed by atoms with Crippen LogP contribution in [-0.4, -0.2) is 35.7 Å². The van der Waals surface area contributed by atoms with Gasteiger partial charge in [-0.3, -0.25) is 4.72 Å². The van der Waals surface area contributed by atoms with Crippen molar-refractivity contribution >= 4 is 49.1 Å². The Hall–Kier alpha value is -2.59. The van der Waals surface area contributed by atoms with Gasteiger partial charge in [-0.15, -0.1) is 11.3 Å². The van der Waals surface area contributed by atoms with E-state index in [4.69, 9.17) is 10.8 Å². The number of carbonyl (C=O) groups is 1. The van der Waals surface area contributed by atoms with Crippen molar-refractivity contribution in [1.29, 1.82) is 0 Å². The minimum Gasteiger partial charge on any atom is -0.477 e. The number of anilines is 2. The highest BCUT2D eigenvalue weighted by molar-refractivity contribution is 7.92. The number of fused-ring (bicyclic) bond motifs is 1. The molecule has 0 unspecified atom stereocenters. The molecule has 0 spiro atoms. The fourth-order valence-electron chi connectivity index (χ4n) is 1.63. The van der Waals surface area contributed by atoms with Crippen molar-refractivity contribution in [3.05, 3.63) is 41.5 Å². The number of rotatable bonds is 3. The minimum absolute atomic E-state index is 0.194. The summed E-state index contributed by atoms with van der Waals surface area (Å²) in [6.45, 7) is 0. The van der Waals surface area contributed by atoms with E-state index in [2.05, 4.69) is 14.7 Å². The second-order valence-electron chi connectivity index (χ2n) is 4.55. The number of aromatic amines is 1. The van der Waals surface area contributed by atoms with E-state index in [0.717, 1.165) is 11.0 Å². The van der Waals surface area contributed by atoms with Crippen molar-refractivity contribution in [3.8, 4) is 0 Å². The topological polar surface area (TPSA) is 138 Å². The van der Waals surface area contributed by atoms with Crippen LogP contribution in [0.4, 0.5) is 11.4 Å². The molecule has 0 amide bonds. The van der Waals surface area contributed by atoms with E-state index in [1.54, 1.807) is 35.8 Å². The number of benzene rings is 1. The van der Waals surface area contributed by atoms with Gasteiger partial charge in [0.2, 0.25) is 10.0 Å². The number of sulfonamides is 1. The first kappa shape index (κ1) is 16.8. The number of hydrogen-bond acceptors (Lipinski definition) is 6. The van der Waals surface area contributed by atoms with Gasteiger partial charge in [-0.05, 0) is 30.3 Å². The lowest BCUT2D eigenvalue weighted by atomic mass is 10.3. The Balaban J connectivity index is 0.000000167. The number of nitrogen functional groups attached to an aromatic ring is 1. The number of thiazole rings is 1. The lowest BCUT2D eigenvalue weighted by Gasteiger charge is -2.02. The zero-order chi connectivity index (χ0) is 17.0. The van der Waals surface area contributed by atoms with Crippen LogP contribution in [0.1, 0.15) is 10.5 Å². The molecule has 0 aliphatic carbocycles. The molecule has 2 heterocycles. The number of nitrogens with two attached hydrogens (primary N) is 1. The summed E-state index contributed by atoms with van der Waals surface area (Å²) in [7, 11) is -3.18. The second-order valence-corrected chi connectivity index (χ2v) is 7.18. The van der Waals surface area contributed by atoms with Gasteiger partial charge in [0, 0.05) is 11.4 Å². The molecule has 1 aromatic carbocycles. The maximum atomic E-state index is 10.7. The van der Waals surface area contributed by atoms with Gasteiger partial charge in [0.1, 0.15) is 11.3 Å². The summed E-state index contributed by atoms with van der Waals surface area (Å²) in [5.41, 5.74) is 9.05. The molecule has 0 atom stereocenters. The molecule has 3 rings (SSSR count). The molecular formula is C13H14N4O4S2. The van der Waals surface area contributed by atoms with Crippen LogP contribution in [0.5, 0.6) is 0 Å². The monoisotopic (exact) mass is 354 g/mol. The van der Waals surface area contributed by atoms with Crippen LogP contribution >= 0.6 is 11.3 Å². The molecule has 0 saturated heterocycles. The van der Waals surface area contributed by atoms with Crippen molar-refractivity contribution in [3.63, 3.8) is 0 Å². The third-order valence-electron chi connectivity index (χ3n) is 2.57. The van der Waals surface area contributed by atoms with Gasteiger partial charge in [0.15, 0.2) is 0 Å². The highest BCUT2D eigenvalue weighted by atomic mass is 32.2. The number of carboxylic acid groups (broad SMARTS) is 1. The van der Waals surface area contributed by atoms with Crippen molar-refractivity contribution in [2.75, 3.05) is 16.7 Å². The van der Waals surface area contributed by atoms with Crippen molar-refractivity contribution in [2.24, 2.45) is 0 Å². The summed E-state index contributed by atoms with van der Waals surface area (Å²) >= 11 is 1.42. The van der Waals surface area contributed by atoms with Gasteiger partial charge in [0.05, 0.1) is 16.5 Å². The minimum atomic E-state index is -3.18. The summed E-state index contributed by atoms with van der Waals surface area (Å²) in [5, 5.41) is 8.55. The van der Waals surface area contributed by atoms with Crippen LogP contribution in [-0.2, 0) is 10.0 Å². The van der Waals surface area contributed by atoms with Crippen molar-refractivity contribution < 1.29 is 18.3 Å². The first-order chi connectivity index (χ1) is 10.7. The molecule has 3 aromatic rings. The maximum Gasteiger partial charge on any atom is 0.352 e. The van der Waals surface area contributed by atoms with Gasteiger partial charge in [-0.1, -0.05) is 0 Å². The van der Waals surface area contributed by atoms with Crippen LogP contribution in [0.3, 0.4) is 0 Å². The number of H-pyrrole nitrogens is 1. The fourth-order valence-corrected chi connectivity index (χ4v) is 2.86. The molecule has 0 aliphatic rings. The average molecular weight is 354 g/mol. The normalized spacial score (nSPS) is 10.8. The largest absolute Gasteiger partial charge is 0.477 e. The number of nitrogens with one attached hydrogen (secondary N) is 2. The molecule has 122 valence electrons. The Morgan fingerprint density at radius 1 is 1.35 bits per heavy atom. The van der Waals surface area contributed by atoms with E-state index in [1.165, 1.54) is 11.3 Å². The Morgan fingerprint density at radius 3 is 2.52 bits per heavy atom. The maximum absolute atomic E-state index is 10.7. The lowest BCUT2D eigenvalue weighted by molar-refractivity contribution is 0.0691. The molecule has 0 radical (unpaired) electrons. The number of hydrogen-bond donors (Lipinski definition) is 4. The van der Waals surface area contributed by atoms with Gasteiger partial charge in [-0.25, -0.2) is 18.2 Å². The van der Waals surface area contributed by atoms with Crippen LogP contribution < -0.4 is 10.5 Å². The van der Waals surface area contributed by atoms with Crippen LogP contribution in [0.25, 0.3) is 10.3 Å². The Morgan fingerprint density at radius 2 is 2.00 bits per heavy atom. The lowest BCUT2D eigenvalue weighted by Crippen LogP contribution is -2.09. The zero-order valence-electron chi connectivity index (χ0n) is 12.0. The number of aromatic nitrogens is 2. The van der Waals surface area contributed by atoms with Crippen molar-refractivity contribution in [2.45, 2.75) is 0 Å². The summed E-state index contributed by atoms with van der Waals surface area (Å²) in [6.07, 6.45) is 1.10. The van der Waals surface area contributed by atoms with E-state index in [1.807, 2.05) is 0 Å². The Kier molecular flexibility index (Phi) is 4.86. The summed E-state index contributed by atoms with van der Waals surface area (Å²) in [4.78, 5) is 17.0. The molecule has 0 fully saturated rings. The molecule has 0 bridgehead atoms. The highest BCUT2D eigenvalue weighted by Crippen LogP contribution is 2.18. The number of carboxylic acids is 1. The highest BCUT2D eigenvalue weighted by Gasteiger charge is 2.07. The third-order valence-corrected chi connectivity index (χ3v) is 3.95. The van der Waals surface area contributed by atoms with Crippen molar-refractivity contribution in [1.82, 2.24) is 9.97 Å². The summed E-state index contributed by atoms with van der Waals surface area (Å²) < 4.78 is 24.7. The number of nitrogens with zero attached hydrogens (tertiary/aromatic N) is 1. The van der Waals surface area contributed by atoms with Gasteiger partial charge >= 0.3 is 5.97 Å². The fraction of sp³-hybridized carbons (Fsp3) is 0.0769. The van der Waals surface area contributed by atoms with E-state index < -0.39 is 16.0 Å². The first-order valence-electron chi connectivity index (χ1n) is 6.23. The zero-order valence-corrected chi connectivity index (χ0v) is 13.6. The SMILES string of the molecule is CS(=O)(=O)Nc1ccc(N)cc1.O=C(O)c1cc2scnc2[nH]1. The standard InChI is InChI=1S/C7H10N2O2S.C6H4N2O2S/c1-12(10,11)9-7-4-2-6(8)3-5-7;9-6(10)3-1-4-5(8-3)7-2-11-4/h2-5,9H,8H2,1H3;1-2,8H,(H,9,10). The molecule has 10 heteroatoms. The van der Waals surface area contributed by atoms with Gasteiger partial charge < -0.3 is 15.8 Å². The smallest absolute Gasteiger partial charge is 0.352 e. The predicted molar refractivity (Wildman–Crippen MR) is 90.3 cm³/mol. The van der Waals surface area contributed by atoms with E-state index >= 15 is 0 Å². The van der Waals surface area contributed by atoms with E-state index in [-0.39, 0.29) is 5.69 Å².